The van der Waals surface area contributed by atoms with Crippen LogP contribution in [0, 0.1) is 23.7 Å². The summed E-state index contributed by atoms with van der Waals surface area (Å²) in [7, 11) is 2.99. The Morgan fingerprint density at radius 1 is 1.07 bits per heavy atom. The van der Waals surface area contributed by atoms with Crippen LogP contribution >= 0.6 is 0 Å². The molecular weight excluding hydrogens is 580 g/mol. The smallest absolute Gasteiger partial charge is 0.329 e. The topological polar surface area (TPSA) is 143 Å². The van der Waals surface area contributed by atoms with Gasteiger partial charge >= 0.3 is 5.97 Å². The number of carbonyl (C=O) groups excluding carboxylic acids is 6. The van der Waals surface area contributed by atoms with Crippen LogP contribution in [0.5, 0.6) is 0 Å². The molecule has 5 amide bonds. The van der Waals surface area contributed by atoms with Crippen molar-refractivity contribution in [2.75, 3.05) is 20.7 Å². The maximum absolute atomic E-state index is 14.0. The summed E-state index contributed by atoms with van der Waals surface area (Å²) in [5.74, 6) is -3.34. The third kappa shape index (κ3) is 8.85. The monoisotopic (exact) mass is 634 g/mol. The van der Waals surface area contributed by atoms with Gasteiger partial charge in [0.2, 0.25) is 11.8 Å². The second kappa shape index (κ2) is 16.2. The molecule has 0 aromatic heterocycles. The average Bonchev–Trinajstić information content (AvgIpc) is 3.60. The first kappa shape index (κ1) is 37.7. The fraction of sp³-hybridized carbons (Fsp3) is 0.758. The van der Waals surface area contributed by atoms with Crippen LogP contribution in [0.15, 0.2) is 11.8 Å². The molecule has 2 heterocycles. The minimum atomic E-state index is -1.20. The number of carbonyl (C=O) groups is 6. The zero-order chi connectivity index (χ0) is 34.3. The van der Waals surface area contributed by atoms with Gasteiger partial charge in [-0.25, -0.2) is 4.79 Å². The van der Waals surface area contributed by atoms with Crippen LogP contribution in [0.25, 0.3) is 0 Å². The van der Waals surface area contributed by atoms with Gasteiger partial charge < -0.3 is 24.6 Å². The molecule has 2 aliphatic heterocycles. The van der Waals surface area contributed by atoms with E-state index in [1.165, 1.54) is 41.9 Å². The predicted molar refractivity (Wildman–Crippen MR) is 168 cm³/mol. The van der Waals surface area contributed by atoms with E-state index in [0.717, 1.165) is 0 Å². The maximum Gasteiger partial charge on any atom is 0.329 e. The van der Waals surface area contributed by atoms with Crippen LogP contribution in [-0.2, 0) is 38.2 Å². The lowest BCUT2D eigenvalue weighted by molar-refractivity contribution is -0.166. The molecule has 12 nitrogen and oxygen atoms in total. The molecule has 6 atom stereocenters. The number of imide groups is 1. The number of amides is 5. The van der Waals surface area contributed by atoms with E-state index in [9.17, 15) is 28.8 Å². The van der Waals surface area contributed by atoms with Crippen molar-refractivity contribution in [1.29, 1.82) is 0 Å². The number of methoxy groups -OCH3 is 1. The molecule has 12 heteroatoms. The van der Waals surface area contributed by atoms with Crippen molar-refractivity contribution < 1.29 is 38.2 Å². The molecule has 0 bridgehead atoms. The summed E-state index contributed by atoms with van der Waals surface area (Å²) < 4.78 is 11.2. The first-order valence-corrected chi connectivity index (χ1v) is 16.2. The Morgan fingerprint density at radius 2 is 1.69 bits per heavy atom. The first-order chi connectivity index (χ1) is 21.0. The molecule has 2 rings (SSSR count). The van der Waals surface area contributed by atoms with Crippen molar-refractivity contribution in [3.63, 3.8) is 0 Å². The Hall–Kier alpha value is -3.44. The molecule has 0 aromatic rings. The molecule has 2 aliphatic rings. The molecule has 6 unspecified atom stereocenters. The Balaban J connectivity index is 2.30. The van der Waals surface area contributed by atoms with Crippen molar-refractivity contribution in [3.05, 3.63) is 11.8 Å². The Labute approximate surface area is 268 Å². The minimum Gasteiger partial charge on any atom is -0.499 e. The molecule has 0 saturated carbocycles. The lowest BCUT2D eigenvalue weighted by Crippen LogP contribution is -2.58. The number of hydrogen-bond donors (Lipinski definition) is 1. The molecule has 45 heavy (non-hydrogen) atoms. The van der Waals surface area contributed by atoms with Crippen molar-refractivity contribution in [3.8, 4) is 0 Å². The van der Waals surface area contributed by atoms with Gasteiger partial charge in [-0.1, -0.05) is 55.4 Å². The van der Waals surface area contributed by atoms with Gasteiger partial charge in [-0.15, -0.1) is 0 Å². The highest BCUT2D eigenvalue weighted by atomic mass is 16.6. The standard InChI is InChI=1S/C33H54N4O8/c1-12-21(8)29(45-33(43)24(16-18(2)3)35(10)22(9)38)30(40)34-27(19(4)5)32(42)36-15-13-14-23(36)31(41)37-26(39)17-25(44-11)28(37)20(6)7/h17-21,23-24,27-29H,12-16H2,1-11H3,(H,34,40). The largest absolute Gasteiger partial charge is 0.499 e. The predicted octanol–water partition coefficient (Wildman–Crippen LogP) is 2.89. The van der Waals surface area contributed by atoms with Gasteiger partial charge in [0.1, 0.15) is 23.9 Å². The van der Waals surface area contributed by atoms with E-state index in [1.807, 2.05) is 34.6 Å². The number of likely N-dealkylation sites (tertiary alicyclic amines) is 1. The number of nitrogens with zero attached hydrogens (tertiary/aromatic N) is 3. The van der Waals surface area contributed by atoms with Crippen LogP contribution in [0.1, 0.15) is 88.0 Å². The highest BCUT2D eigenvalue weighted by Gasteiger charge is 2.47. The Kier molecular flexibility index (Phi) is 13.6. The summed E-state index contributed by atoms with van der Waals surface area (Å²) in [5.41, 5.74) is 0. The van der Waals surface area contributed by atoms with E-state index in [0.29, 0.717) is 38.0 Å². The molecule has 0 spiro atoms. The van der Waals surface area contributed by atoms with Crippen molar-refractivity contribution in [2.24, 2.45) is 23.7 Å². The molecule has 1 N–H and O–H groups in total. The SMILES string of the molecule is CCC(C)C(OC(=O)C(CC(C)C)N(C)C(C)=O)C(=O)NC(C(=O)N1CCCC1C(=O)N1C(=O)C=C(OC)C1C(C)C)C(C)C. The number of ether oxygens (including phenoxy) is 2. The van der Waals surface area contributed by atoms with E-state index in [1.54, 1.807) is 20.8 Å². The fourth-order valence-corrected chi connectivity index (χ4v) is 5.89. The van der Waals surface area contributed by atoms with Crippen LogP contribution in [0.2, 0.25) is 0 Å². The van der Waals surface area contributed by atoms with Crippen molar-refractivity contribution in [2.45, 2.75) is 118 Å². The van der Waals surface area contributed by atoms with Gasteiger partial charge in [0.15, 0.2) is 6.10 Å². The van der Waals surface area contributed by atoms with Gasteiger partial charge in [0, 0.05) is 32.5 Å². The van der Waals surface area contributed by atoms with E-state index in [4.69, 9.17) is 9.47 Å². The van der Waals surface area contributed by atoms with Crippen molar-refractivity contribution >= 4 is 35.5 Å². The number of hydrogen-bond acceptors (Lipinski definition) is 8. The van der Waals surface area contributed by atoms with Crippen LogP contribution < -0.4 is 5.32 Å². The van der Waals surface area contributed by atoms with Crippen LogP contribution in [0.3, 0.4) is 0 Å². The number of nitrogens with one attached hydrogen (secondary N) is 1. The van der Waals surface area contributed by atoms with E-state index < -0.39 is 59.9 Å². The number of likely N-dealkylation sites (N-methyl/N-ethyl adjacent to an activating group) is 1. The van der Waals surface area contributed by atoms with E-state index in [2.05, 4.69) is 5.32 Å². The third-order valence-electron chi connectivity index (χ3n) is 8.82. The summed E-state index contributed by atoms with van der Waals surface area (Å²) in [6.45, 7) is 16.5. The summed E-state index contributed by atoms with van der Waals surface area (Å²) in [6, 6.07) is -3.31. The Morgan fingerprint density at radius 3 is 2.18 bits per heavy atom. The van der Waals surface area contributed by atoms with Gasteiger partial charge in [0.25, 0.3) is 17.7 Å². The van der Waals surface area contributed by atoms with Gasteiger partial charge in [-0.05, 0) is 43.4 Å². The number of rotatable bonds is 14. The molecular formula is C33H54N4O8. The maximum atomic E-state index is 14.0. The van der Waals surface area contributed by atoms with Gasteiger partial charge in [-0.2, -0.15) is 0 Å². The quantitative estimate of drug-likeness (QED) is 0.227. The zero-order valence-corrected chi connectivity index (χ0v) is 28.9. The van der Waals surface area contributed by atoms with E-state index in [-0.39, 0.29) is 29.6 Å². The van der Waals surface area contributed by atoms with Crippen LogP contribution in [0.4, 0.5) is 0 Å². The molecule has 254 valence electrons. The molecule has 1 fully saturated rings. The minimum absolute atomic E-state index is 0.0859. The first-order valence-electron chi connectivity index (χ1n) is 16.2. The highest BCUT2D eigenvalue weighted by molar-refractivity contribution is 6.07. The molecule has 1 saturated heterocycles. The molecule has 0 radical (unpaired) electrons. The van der Waals surface area contributed by atoms with Crippen LogP contribution in [-0.4, -0.2) is 101 Å². The lowest BCUT2D eigenvalue weighted by Gasteiger charge is -2.35. The zero-order valence-electron chi connectivity index (χ0n) is 28.9. The summed E-state index contributed by atoms with van der Waals surface area (Å²) >= 11 is 0. The lowest BCUT2D eigenvalue weighted by atomic mass is 9.97. The number of esters is 1. The second-order valence-electron chi connectivity index (χ2n) is 13.4. The van der Waals surface area contributed by atoms with E-state index >= 15 is 0 Å². The van der Waals surface area contributed by atoms with Crippen molar-refractivity contribution in [1.82, 2.24) is 20.0 Å². The molecule has 0 aliphatic carbocycles. The van der Waals surface area contributed by atoms with Gasteiger partial charge in [0.05, 0.1) is 13.2 Å². The fourth-order valence-electron chi connectivity index (χ4n) is 5.89. The third-order valence-corrected chi connectivity index (χ3v) is 8.82. The summed E-state index contributed by atoms with van der Waals surface area (Å²) in [5, 5.41) is 2.82. The van der Waals surface area contributed by atoms with Gasteiger partial charge in [-0.3, -0.25) is 28.9 Å². The highest BCUT2D eigenvalue weighted by Crippen LogP contribution is 2.31. The normalized spacial score (nSPS) is 21.0. The summed E-state index contributed by atoms with van der Waals surface area (Å²) in [6.07, 6.45) is 1.94. The Bertz CT molecular complexity index is 1150. The molecule has 0 aromatic carbocycles. The summed E-state index contributed by atoms with van der Waals surface area (Å²) in [4.78, 5) is 83.9. The average molecular weight is 635 g/mol. The second-order valence-corrected chi connectivity index (χ2v) is 13.4.